The molecule has 6 heteroatoms. The van der Waals surface area contributed by atoms with Crippen LogP contribution in [0.15, 0.2) is 16.7 Å². The molecule has 0 aliphatic rings. The lowest BCUT2D eigenvalue weighted by atomic mass is 10.1. The molecular formula is C11H17BrN4O. The summed E-state index contributed by atoms with van der Waals surface area (Å²) in [6.07, 6.45) is 2.49. The zero-order chi connectivity index (χ0) is 13.0. The van der Waals surface area contributed by atoms with Crippen molar-refractivity contribution < 1.29 is 4.79 Å². The molecule has 1 aromatic rings. The first-order valence-corrected chi connectivity index (χ1v) is 6.19. The molecule has 0 saturated carbocycles. The van der Waals surface area contributed by atoms with Gasteiger partial charge in [-0.2, -0.15) is 0 Å². The number of nitrogens with two attached hydrogens (primary N) is 1. The molecule has 0 spiro atoms. The van der Waals surface area contributed by atoms with Crippen molar-refractivity contribution in [2.45, 2.75) is 26.3 Å². The fraction of sp³-hybridized carbons (Fsp3) is 0.455. The smallest absolute Gasteiger partial charge is 0.257 e. The summed E-state index contributed by atoms with van der Waals surface area (Å²) in [7, 11) is 1.78. The summed E-state index contributed by atoms with van der Waals surface area (Å²) in [6.45, 7) is 4.04. The number of hydrazine groups is 1. The number of anilines is 1. The number of nitrogens with zero attached hydrogens (tertiary/aromatic N) is 2. The zero-order valence-electron chi connectivity index (χ0n) is 10.2. The number of hydrogen-bond donors (Lipinski definition) is 2. The van der Waals surface area contributed by atoms with Gasteiger partial charge >= 0.3 is 0 Å². The third-order valence-corrected chi connectivity index (χ3v) is 3.23. The molecular weight excluding hydrogens is 284 g/mol. The van der Waals surface area contributed by atoms with Crippen LogP contribution in [0.1, 0.15) is 30.6 Å². The number of carbonyl (C=O) groups is 1. The fourth-order valence-electron chi connectivity index (χ4n) is 1.38. The predicted octanol–water partition coefficient (Wildman–Crippen LogP) is 2.00. The molecule has 17 heavy (non-hydrogen) atoms. The van der Waals surface area contributed by atoms with Crippen molar-refractivity contribution >= 4 is 27.7 Å². The van der Waals surface area contributed by atoms with Crippen LogP contribution in [0.4, 0.5) is 5.82 Å². The number of rotatable bonds is 4. The lowest BCUT2D eigenvalue weighted by molar-refractivity contribution is 0.0741. The van der Waals surface area contributed by atoms with Crippen molar-refractivity contribution in [1.82, 2.24) is 9.88 Å². The second-order valence-electron chi connectivity index (χ2n) is 3.87. The van der Waals surface area contributed by atoms with Gasteiger partial charge in [-0.05, 0) is 35.3 Å². The third kappa shape index (κ3) is 3.17. The topological polar surface area (TPSA) is 71.2 Å². The SMILES string of the molecule is CCC(C)N(C)C(=O)c1cc(Br)cnc1NN. The highest BCUT2D eigenvalue weighted by atomic mass is 79.9. The van der Waals surface area contributed by atoms with Crippen molar-refractivity contribution in [3.05, 3.63) is 22.3 Å². The Labute approximate surface area is 109 Å². The van der Waals surface area contributed by atoms with E-state index < -0.39 is 0 Å². The molecule has 0 bridgehead atoms. The molecule has 1 heterocycles. The molecule has 5 nitrogen and oxygen atoms in total. The molecule has 0 aliphatic heterocycles. The number of hydrogen-bond acceptors (Lipinski definition) is 4. The lowest BCUT2D eigenvalue weighted by Gasteiger charge is -2.24. The summed E-state index contributed by atoms with van der Waals surface area (Å²) in [6, 6.07) is 1.88. The molecule has 1 atom stereocenters. The number of amides is 1. The van der Waals surface area contributed by atoms with Crippen molar-refractivity contribution in [2.24, 2.45) is 5.84 Å². The largest absolute Gasteiger partial charge is 0.339 e. The molecule has 0 saturated heterocycles. The van der Waals surface area contributed by atoms with E-state index in [0.717, 1.165) is 10.9 Å². The van der Waals surface area contributed by atoms with E-state index in [9.17, 15) is 4.79 Å². The van der Waals surface area contributed by atoms with Gasteiger partial charge in [0.05, 0.1) is 5.56 Å². The summed E-state index contributed by atoms with van der Waals surface area (Å²) < 4.78 is 0.748. The quantitative estimate of drug-likeness (QED) is 0.659. The van der Waals surface area contributed by atoms with Crippen LogP contribution in [-0.2, 0) is 0 Å². The van der Waals surface area contributed by atoms with Crippen molar-refractivity contribution in [1.29, 1.82) is 0 Å². The van der Waals surface area contributed by atoms with E-state index in [1.54, 1.807) is 24.2 Å². The molecule has 0 fully saturated rings. The van der Waals surface area contributed by atoms with Crippen LogP contribution >= 0.6 is 15.9 Å². The molecule has 0 aromatic carbocycles. The fourth-order valence-corrected chi connectivity index (χ4v) is 1.71. The van der Waals surface area contributed by atoms with Gasteiger partial charge in [-0.15, -0.1) is 0 Å². The Bertz CT molecular complexity index is 410. The molecule has 3 N–H and O–H groups in total. The summed E-state index contributed by atoms with van der Waals surface area (Å²) in [5, 5.41) is 0. The van der Waals surface area contributed by atoms with E-state index in [1.165, 1.54) is 0 Å². The minimum absolute atomic E-state index is 0.0962. The summed E-state index contributed by atoms with van der Waals surface area (Å²) in [5.41, 5.74) is 2.90. The first kappa shape index (κ1) is 13.9. The van der Waals surface area contributed by atoms with Gasteiger partial charge in [0.15, 0.2) is 5.82 Å². The van der Waals surface area contributed by atoms with E-state index in [0.29, 0.717) is 11.4 Å². The highest BCUT2D eigenvalue weighted by Crippen LogP contribution is 2.19. The lowest BCUT2D eigenvalue weighted by Crippen LogP contribution is -2.35. The number of pyridine rings is 1. The molecule has 1 unspecified atom stereocenters. The van der Waals surface area contributed by atoms with Crippen LogP contribution in [0.5, 0.6) is 0 Å². The molecule has 1 amide bonds. The van der Waals surface area contributed by atoms with Gasteiger partial charge < -0.3 is 10.3 Å². The monoisotopic (exact) mass is 300 g/mol. The zero-order valence-corrected chi connectivity index (χ0v) is 11.8. The number of halogens is 1. The van der Waals surface area contributed by atoms with Gasteiger partial charge in [0.25, 0.3) is 5.91 Å². The Hall–Kier alpha value is -1.14. The first-order valence-electron chi connectivity index (χ1n) is 5.40. The van der Waals surface area contributed by atoms with Gasteiger partial charge in [-0.25, -0.2) is 10.8 Å². The van der Waals surface area contributed by atoms with Gasteiger partial charge in [0.2, 0.25) is 0 Å². The third-order valence-electron chi connectivity index (χ3n) is 2.79. The Kier molecular flexibility index (Phi) is 4.89. The maximum absolute atomic E-state index is 12.2. The van der Waals surface area contributed by atoms with E-state index >= 15 is 0 Å². The summed E-state index contributed by atoms with van der Waals surface area (Å²) in [4.78, 5) is 18.0. The van der Waals surface area contributed by atoms with E-state index in [1.807, 2.05) is 13.8 Å². The van der Waals surface area contributed by atoms with Crippen LogP contribution in [0.3, 0.4) is 0 Å². The number of aromatic nitrogens is 1. The van der Waals surface area contributed by atoms with Gasteiger partial charge in [0.1, 0.15) is 0 Å². The van der Waals surface area contributed by atoms with Crippen LogP contribution in [0, 0.1) is 0 Å². The van der Waals surface area contributed by atoms with E-state index in [2.05, 4.69) is 26.3 Å². The normalized spacial score (nSPS) is 12.1. The second-order valence-corrected chi connectivity index (χ2v) is 4.78. The molecule has 1 aromatic heterocycles. The van der Waals surface area contributed by atoms with Crippen LogP contribution in [0.25, 0.3) is 0 Å². The molecule has 0 radical (unpaired) electrons. The van der Waals surface area contributed by atoms with E-state index in [-0.39, 0.29) is 11.9 Å². The predicted molar refractivity (Wildman–Crippen MR) is 71.6 cm³/mol. The van der Waals surface area contributed by atoms with Crippen molar-refractivity contribution in [2.75, 3.05) is 12.5 Å². The standard InChI is InChI=1S/C11H17BrN4O/c1-4-7(2)16(3)11(17)9-5-8(12)6-14-10(9)15-13/h5-7H,4,13H2,1-3H3,(H,14,15). The van der Waals surface area contributed by atoms with Gasteiger partial charge in [-0.1, -0.05) is 6.92 Å². The number of nitrogens with one attached hydrogen (secondary N) is 1. The number of nitrogen functional groups attached to an aromatic ring is 1. The second kappa shape index (κ2) is 5.97. The average molecular weight is 301 g/mol. The average Bonchev–Trinajstić information content (AvgIpc) is 2.35. The molecule has 0 aliphatic carbocycles. The van der Waals surface area contributed by atoms with Crippen molar-refractivity contribution in [3.63, 3.8) is 0 Å². The van der Waals surface area contributed by atoms with Crippen LogP contribution in [-0.4, -0.2) is 28.9 Å². The highest BCUT2D eigenvalue weighted by molar-refractivity contribution is 9.10. The Morgan fingerprint density at radius 2 is 2.35 bits per heavy atom. The van der Waals surface area contributed by atoms with Crippen LogP contribution < -0.4 is 11.3 Å². The maximum Gasteiger partial charge on any atom is 0.257 e. The first-order chi connectivity index (χ1) is 8.01. The minimum Gasteiger partial charge on any atom is -0.339 e. The molecule has 94 valence electrons. The van der Waals surface area contributed by atoms with Crippen molar-refractivity contribution in [3.8, 4) is 0 Å². The summed E-state index contributed by atoms with van der Waals surface area (Å²) in [5.74, 6) is 5.64. The van der Waals surface area contributed by atoms with Gasteiger partial charge in [-0.3, -0.25) is 4.79 Å². The maximum atomic E-state index is 12.2. The molecule has 1 rings (SSSR count). The minimum atomic E-state index is -0.0962. The highest BCUT2D eigenvalue weighted by Gasteiger charge is 2.20. The number of carbonyl (C=O) groups excluding carboxylic acids is 1. The Morgan fingerprint density at radius 1 is 1.71 bits per heavy atom. The van der Waals surface area contributed by atoms with Crippen LogP contribution in [0.2, 0.25) is 0 Å². The Morgan fingerprint density at radius 3 is 2.88 bits per heavy atom. The Balaban J connectivity index is 3.06. The van der Waals surface area contributed by atoms with E-state index in [4.69, 9.17) is 5.84 Å². The van der Waals surface area contributed by atoms with Gasteiger partial charge in [0, 0.05) is 23.8 Å². The summed E-state index contributed by atoms with van der Waals surface area (Å²) >= 11 is 3.30.